The van der Waals surface area contributed by atoms with Crippen molar-refractivity contribution in [1.82, 2.24) is 14.9 Å². The van der Waals surface area contributed by atoms with Gasteiger partial charge in [0.05, 0.1) is 17.7 Å². The van der Waals surface area contributed by atoms with E-state index in [0.717, 1.165) is 19.3 Å². The van der Waals surface area contributed by atoms with Crippen LogP contribution in [-0.4, -0.2) is 59.5 Å². The molecule has 2 amide bonds. The van der Waals surface area contributed by atoms with Crippen molar-refractivity contribution >= 4 is 34.7 Å². The number of hydrogen-bond acceptors (Lipinski definition) is 7. The standard InChI is InChI=1S/C23H25FN6O3/c24-17-12-15-5-6-18(17)33-11-3-1-2-4-19(31)29-7-9-30(10-8-29)22-20-16(13-25-15)23(32)28-21(20)26-14-27-22/h5-6,12-14,25H,1-4,7-11H2,(H,26,27,28,32)/b16-13-. The SMILES string of the molecule is O=C1Nc2ncnc3c2/C1=C/Nc1ccc(c(F)c1)OCCCCCC(=O)N1CCN3CC1. The molecule has 6 aliphatic heterocycles. The molecule has 4 bridgehead atoms. The number of amides is 2. The summed E-state index contributed by atoms with van der Waals surface area (Å²) in [6.45, 7) is 2.82. The Bertz CT molecular complexity index is 1110. The number of nitrogens with zero attached hydrogens (tertiary/aromatic N) is 4. The van der Waals surface area contributed by atoms with Gasteiger partial charge in [0.15, 0.2) is 11.6 Å². The summed E-state index contributed by atoms with van der Waals surface area (Å²) in [7, 11) is 0. The molecule has 1 aromatic heterocycles. The fraction of sp³-hybridized carbons (Fsp3) is 0.391. The van der Waals surface area contributed by atoms with E-state index in [-0.39, 0.29) is 17.6 Å². The van der Waals surface area contributed by atoms with Gasteiger partial charge in [-0.3, -0.25) is 9.59 Å². The van der Waals surface area contributed by atoms with Gasteiger partial charge in [-0.05, 0) is 31.4 Å². The third-order valence-electron chi connectivity index (χ3n) is 6.11. The molecule has 0 aliphatic carbocycles. The molecule has 0 unspecified atom stereocenters. The first kappa shape index (κ1) is 21.2. The van der Waals surface area contributed by atoms with Gasteiger partial charge in [-0.2, -0.15) is 0 Å². The van der Waals surface area contributed by atoms with Crippen molar-refractivity contribution in [2.75, 3.05) is 48.3 Å². The van der Waals surface area contributed by atoms with Crippen molar-refractivity contribution in [1.29, 1.82) is 0 Å². The highest BCUT2D eigenvalue weighted by atomic mass is 19.1. The molecule has 1 aromatic carbocycles. The summed E-state index contributed by atoms with van der Waals surface area (Å²) >= 11 is 0. The Kier molecular flexibility index (Phi) is 5.80. The Hall–Kier alpha value is -3.69. The number of rotatable bonds is 0. The van der Waals surface area contributed by atoms with E-state index in [1.165, 1.54) is 12.4 Å². The average Bonchev–Trinajstić information content (AvgIpc) is 3.15. The van der Waals surface area contributed by atoms with Crippen LogP contribution in [0.4, 0.5) is 21.7 Å². The molecule has 0 saturated carbocycles. The molecular weight excluding hydrogens is 427 g/mol. The van der Waals surface area contributed by atoms with Crippen LogP contribution in [-0.2, 0) is 9.59 Å². The van der Waals surface area contributed by atoms with Gasteiger partial charge in [-0.25, -0.2) is 14.4 Å². The number of nitrogens with one attached hydrogen (secondary N) is 2. The maximum atomic E-state index is 14.5. The van der Waals surface area contributed by atoms with Gasteiger partial charge in [0.1, 0.15) is 18.0 Å². The second-order valence-electron chi connectivity index (χ2n) is 8.25. The summed E-state index contributed by atoms with van der Waals surface area (Å²) in [5.74, 6) is 0.599. The monoisotopic (exact) mass is 452 g/mol. The Morgan fingerprint density at radius 2 is 1.82 bits per heavy atom. The van der Waals surface area contributed by atoms with Gasteiger partial charge in [0, 0.05) is 50.6 Å². The molecule has 2 N–H and O–H groups in total. The van der Waals surface area contributed by atoms with Crippen molar-refractivity contribution in [3.05, 3.63) is 42.1 Å². The van der Waals surface area contributed by atoms with Crippen molar-refractivity contribution in [2.24, 2.45) is 0 Å². The van der Waals surface area contributed by atoms with Gasteiger partial charge in [0.2, 0.25) is 5.91 Å². The fourth-order valence-corrected chi connectivity index (χ4v) is 4.31. The quantitative estimate of drug-likeness (QED) is 0.634. The highest BCUT2D eigenvalue weighted by molar-refractivity contribution is 6.32. The van der Waals surface area contributed by atoms with E-state index in [4.69, 9.17) is 4.74 Å². The van der Waals surface area contributed by atoms with Crippen LogP contribution in [0.3, 0.4) is 0 Å². The number of benzene rings is 1. The van der Waals surface area contributed by atoms with Crippen LogP contribution in [0, 0.1) is 5.82 Å². The summed E-state index contributed by atoms with van der Waals surface area (Å²) in [4.78, 5) is 37.9. The number of hydrogen-bond donors (Lipinski definition) is 2. The van der Waals surface area contributed by atoms with Crippen LogP contribution in [0.1, 0.15) is 31.2 Å². The molecule has 0 radical (unpaired) electrons. The second-order valence-corrected chi connectivity index (χ2v) is 8.25. The minimum Gasteiger partial charge on any atom is -0.491 e. The molecule has 1 saturated heterocycles. The largest absolute Gasteiger partial charge is 0.491 e. The molecular formula is C23H25FN6O3. The van der Waals surface area contributed by atoms with Crippen LogP contribution in [0.25, 0.3) is 5.57 Å². The van der Waals surface area contributed by atoms with E-state index in [1.807, 2.05) is 4.90 Å². The number of piperazine rings is 1. The topological polar surface area (TPSA) is 99.7 Å². The molecule has 7 heterocycles. The van der Waals surface area contributed by atoms with E-state index in [2.05, 4.69) is 25.5 Å². The molecule has 0 atom stereocenters. The minimum absolute atomic E-state index is 0.140. The lowest BCUT2D eigenvalue weighted by Gasteiger charge is -2.36. The maximum absolute atomic E-state index is 14.5. The smallest absolute Gasteiger partial charge is 0.259 e. The first-order chi connectivity index (χ1) is 16.1. The van der Waals surface area contributed by atoms with E-state index >= 15 is 0 Å². The van der Waals surface area contributed by atoms with Crippen molar-refractivity contribution in [3.63, 3.8) is 0 Å². The first-order valence-corrected chi connectivity index (χ1v) is 11.2. The predicted octanol–water partition coefficient (Wildman–Crippen LogP) is 2.62. The van der Waals surface area contributed by atoms with Crippen LogP contribution < -0.4 is 20.3 Å². The predicted molar refractivity (Wildman–Crippen MR) is 121 cm³/mol. The molecule has 1 fully saturated rings. The Morgan fingerprint density at radius 1 is 1.00 bits per heavy atom. The highest BCUT2D eigenvalue weighted by Gasteiger charge is 2.32. The van der Waals surface area contributed by atoms with Crippen LogP contribution >= 0.6 is 0 Å². The van der Waals surface area contributed by atoms with Crippen LogP contribution in [0.15, 0.2) is 30.7 Å². The molecule has 8 rings (SSSR count). The lowest BCUT2D eigenvalue weighted by Crippen LogP contribution is -2.49. The number of aromatic nitrogens is 2. The second kappa shape index (κ2) is 9.05. The zero-order valence-electron chi connectivity index (χ0n) is 18.1. The number of carbonyl (C=O) groups excluding carboxylic acids is 2. The van der Waals surface area contributed by atoms with Gasteiger partial charge < -0.3 is 25.2 Å². The van der Waals surface area contributed by atoms with Gasteiger partial charge in [-0.15, -0.1) is 0 Å². The van der Waals surface area contributed by atoms with Crippen LogP contribution in [0.5, 0.6) is 5.75 Å². The molecule has 172 valence electrons. The summed E-state index contributed by atoms with van der Waals surface area (Å²) in [6, 6.07) is 4.59. The first-order valence-electron chi connectivity index (χ1n) is 11.2. The zero-order valence-corrected chi connectivity index (χ0v) is 18.1. The van der Waals surface area contributed by atoms with Crippen molar-refractivity contribution in [3.8, 4) is 5.75 Å². The molecule has 10 heteroatoms. The van der Waals surface area contributed by atoms with Crippen molar-refractivity contribution < 1.29 is 18.7 Å². The Balaban J connectivity index is 1.48. The molecule has 6 aliphatic rings. The molecule has 9 nitrogen and oxygen atoms in total. The number of anilines is 3. The van der Waals surface area contributed by atoms with E-state index in [0.29, 0.717) is 67.7 Å². The summed E-state index contributed by atoms with van der Waals surface area (Å²) in [5.41, 5.74) is 1.47. The van der Waals surface area contributed by atoms with Crippen molar-refractivity contribution in [2.45, 2.75) is 25.7 Å². The molecule has 0 spiro atoms. The molecule has 2 aromatic rings. The minimum atomic E-state index is -0.487. The molecule has 33 heavy (non-hydrogen) atoms. The maximum Gasteiger partial charge on any atom is 0.259 e. The van der Waals surface area contributed by atoms with Gasteiger partial charge in [-0.1, -0.05) is 0 Å². The fourth-order valence-electron chi connectivity index (χ4n) is 4.31. The number of ether oxygens (including phenoxy) is 1. The van der Waals surface area contributed by atoms with E-state index < -0.39 is 5.82 Å². The third kappa shape index (κ3) is 4.33. The third-order valence-corrected chi connectivity index (χ3v) is 6.11. The number of halogens is 1. The Morgan fingerprint density at radius 3 is 2.64 bits per heavy atom. The highest BCUT2D eigenvalue weighted by Crippen LogP contribution is 2.37. The lowest BCUT2D eigenvalue weighted by molar-refractivity contribution is -0.131. The van der Waals surface area contributed by atoms with Crippen LogP contribution in [0.2, 0.25) is 0 Å². The summed E-state index contributed by atoms with van der Waals surface area (Å²) in [6.07, 6.45) is 5.82. The lowest BCUT2D eigenvalue weighted by atomic mass is 10.1. The van der Waals surface area contributed by atoms with E-state index in [1.54, 1.807) is 18.3 Å². The summed E-state index contributed by atoms with van der Waals surface area (Å²) < 4.78 is 20.0. The zero-order chi connectivity index (χ0) is 22.8. The summed E-state index contributed by atoms with van der Waals surface area (Å²) in [5, 5.41) is 5.78. The van der Waals surface area contributed by atoms with Gasteiger partial charge in [0.25, 0.3) is 5.91 Å². The van der Waals surface area contributed by atoms with Gasteiger partial charge >= 0.3 is 0 Å². The van der Waals surface area contributed by atoms with E-state index in [9.17, 15) is 14.0 Å². The average molecular weight is 452 g/mol. The normalized spacial score (nSPS) is 20.5. The number of carbonyl (C=O) groups is 2. The Labute approximate surface area is 190 Å².